The minimum absolute atomic E-state index is 0.170. The maximum absolute atomic E-state index is 12.2. The van der Waals surface area contributed by atoms with Crippen LogP contribution in [0.5, 0.6) is 5.75 Å². The molecule has 1 aromatic carbocycles. The zero-order valence-corrected chi connectivity index (χ0v) is 13.7. The van der Waals surface area contributed by atoms with Gasteiger partial charge in [-0.2, -0.15) is 0 Å². The van der Waals surface area contributed by atoms with Crippen molar-refractivity contribution < 1.29 is 26.3 Å². The van der Waals surface area contributed by atoms with E-state index >= 15 is 0 Å². The quantitative estimate of drug-likeness (QED) is 0.818. The molecule has 0 unspecified atom stereocenters. The van der Waals surface area contributed by atoms with Gasteiger partial charge in [0.25, 0.3) is 0 Å². The number of ether oxygens (including phenoxy) is 1. The van der Waals surface area contributed by atoms with E-state index in [0.717, 1.165) is 18.5 Å². The lowest BCUT2D eigenvalue weighted by Crippen LogP contribution is -2.45. The molecule has 0 saturated carbocycles. The molecule has 0 bridgehead atoms. The topological polar surface area (TPSA) is 46.6 Å². The number of hydrogen-bond donors (Lipinski definition) is 0. The van der Waals surface area contributed by atoms with E-state index in [4.69, 9.17) is 0 Å². The molecular formula is C15H20F3NO3S. The molecule has 0 aliphatic carbocycles. The SMILES string of the molecule is C[C@H]1CN(CCCc2cccc(OC(F)(F)F)c2)CCS1(=O)=O. The van der Waals surface area contributed by atoms with Crippen LogP contribution in [0.2, 0.25) is 0 Å². The summed E-state index contributed by atoms with van der Waals surface area (Å²) in [5.74, 6) is -0.0454. The Labute approximate surface area is 134 Å². The molecule has 8 heteroatoms. The second kappa shape index (κ2) is 7.09. The van der Waals surface area contributed by atoms with Crippen LogP contribution in [0.1, 0.15) is 18.9 Å². The maximum Gasteiger partial charge on any atom is 0.573 e. The van der Waals surface area contributed by atoms with E-state index in [1.54, 1.807) is 13.0 Å². The van der Waals surface area contributed by atoms with Crippen molar-refractivity contribution in [3.63, 3.8) is 0 Å². The van der Waals surface area contributed by atoms with E-state index in [1.165, 1.54) is 18.2 Å². The van der Waals surface area contributed by atoms with Gasteiger partial charge in [0.1, 0.15) is 5.75 Å². The molecule has 0 radical (unpaired) electrons. The summed E-state index contributed by atoms with van der Waals surface area (Å²) in [5, 5.41) is -0.361. The molecule has 0 N–H and O–H groups in total. The summed E-state index contributed by atoms with van der Waals surface area (Å²) < 4.78 is 63.7. The molecule has 0 aromatic heterocycles. The van der Waals surface area contributed by atoms with Gasteiger partial charge >= 0.3 is 6.36 Å². The summed E-state index contributed by atoms with van der Waals surface area (Å²) in [6.07, 6.45) is -3.32. The number of benzene rings is 1. The van der Waals surface area contributed by atoms with Crippen molar-refractivity contribution in [2.24, 2.45) is 0 Å². The normalized spacial score (nSPS) is 22.0. The van der Waals surface area contributed by atoms with Gasteiger partial charge in [-0.1, -0.05) is 12.1 Å². The molecule has 1 atom stereocenters. The summed E-state index contributed by atoms with van der Waals surface area (Å²) in [6.45, 7) is 3.47. The number of halogens is 3. The van der Waals surface area contributed by atoms with Gasteiger partial charge in [-0.05, 0) is 44.0 Å². The van der Waals surface area contributed by atoms with Crippen LogP contribution in [0.3, 0.4) is 0 Å². The fourth-order valence-electron chi connectivity index (χ4n) is 2.63. The van der Waals surface area contributed by atoms with Crippen molar-refractivity contribution in [3.05, 3.63) is 29.8 Å². The Bertz CT molecular complexity index is 631. The maximum atomic E-state index is 12.2. The van der Waals surface area contributed by atoms with Crippen molar-refractivity contribution in [3.8, 4) is 5.75 Å². The summed E-state index contributed by atoms with van der Waals surface area (Å²) in [7, 11) is -2.96. The minimum atomic E-state index is -4.69. The standard InChI is InChI=1S/C15H20F3NO3S/c1-12-11-19(8-9-23(12,20)21)7-3-5-13-4-2-6-14(10-13)22-15(16,17)18/h2,4,6,10,12H,3,5,7-9,11H2,1H3/t12-/m0/s1. The second-order valence-corrected chi connectivity index (χ2v) is 8.32. The molecule has 1 aliphatic heterocycles. The van der Waals surface area contributed by atoms with Crippen LogP contribution >= 0.6 is 0 Å². The van der Waals surface area contributed by atoms with Gasteiger partial charge in [-0.3, -0.25) is 0 Å². The zero-order chi connectivity index (χ0) is 17.1. The second-order valence-electron chi connectivity index (χ2n) is 5.78. The van der Waals surface area contributed by atoms with Crippen LogP contribution in [-0.2, 0) is 16.3 Å². The number of sulfone groups is 1. The fraction of sp³-hybridized carbons (Fsp3) is 0.600. The van der Waals surface area contributed by atoms with E-state index in [-0.39, 0.29) is 16.8 Å². The van der Waals surface area contributed by atoms with Gasteiger partial charge in [-0.25, -0.2) is 8.42 Å². The number of hydrogen-bond acceptors (Lipinski definition) is 4. The summed E-state index contributed by atoms with van der Waals surface area (Å²) in [4.78, 5) is 2.09. The first-order chi connectivity index (χ1) is 10.7. The average molecular weight is 351 g/mol. The lowest BCUT2D eigenvalue weighted by Gasteiger charge is -2.30. The highest BCUT2D eigenvalue weighted by molar-refractivity contribution is 7.92. The van der Waals surface area contributed by atoms with E-state index < -0.39 is 16.2 Å². The first kappa shape index (κ1) is 18.1. The smallest absolute Gasteiger partial charge is 0.406 e. The molecule has 1 heterocycles. The number of nitrogens with zero attached hydrogens (tertiary/aromatic N) is 1. The van der Waals surface area contributed by atoms with Gasteiger partial charge in [0, 0.05) is 13.1 Å². The lowest BCUT2D eigenvalue weighted by molar-refractivity contribution is -0.274. The molecule has 23 heavy (non-hydrogen) atoms. The van der Waals surface area contributed by atoms with E-state index in [9.17, 15) is 21.6 Å². The molecule has 0 spiro atoms. The van der Waals surface area contributed by atoms with Crippen molar-refractivity contribution in [2.75, 3.05) is 25.4 Å². The minimum Gasteiger partial charge on any atom is -0.406 e. The van der Waals surface area contributed by atoms with Crippen LogP contribution in [0.25, 0.3) is 0 Å². The highest BCUT2D eigenvalue weighted by Crippen LogP contribution is 2.23. The molecule has 130 valence electrons. The fourth-order valence-corrected chi connectivity index (χ4v) is 3.99. The van der Waals surface area contributed by atoms with Gasteiger partial charge in [0.2, 0.25) is 0 Å². The summed E-state index contributed by atoms with van der Waals surface area (Å²) in [6, 6.07) is 5.95. The zero-order valence-electron chi connectivity index (χ0n) is 12.8. The van der Waals surface area contributed by atoms with Crippen LogP contribution in [0, 0.1) is 0 Å². The van der Waals surface area contributed by atoms with Crippen LogP contribution in [0.4, 0.5) is 13.2 Å². The van der Waals surface area contributed by atoms with Crippen molar-refractivity contribution in [1.82, 2.24) is 4.90 Å². The van der Waals surface area contributed by atoms with E-state index in [1.807, 2.05) is 0 Å². The first-order valence-electron chi connectivity index (χ1n) is 7.44. The highest BCUT2D eigenvalue weighted by Gasteiger charge is 2.31. The van der Waals surface area contributed by atoms with Crippen LogP contribution in [-0.4, -0.2) is 50.3 Å². The molecule has 1 saturated heterocycles. The Balaban J connectivity index is 1.82. The van der Waals surface area contributed by atoms with E-state index in [2.05, 4.69) is 9.64 Å². The molecule has 0 amide bonds. The Morgan fingerprint density at radius 1 is 1.35 bits per heavy atom. The Hall–Kier alpha value is -1.28. The Morgan fingerprint density at radius 2 is 2.09 bits per heavy atom. The average Bonchev–Trinajstić information content (AvgIpc) is 2.42. The van der Waals surface area contributed by atoms with Gasteiger partial charge in [0.05, 0.1) is 11.0 Å². The number of alkyl halides is 3. The lowest BCUT2D eigenvalue weighted by atomic mass is 10.1. The van der Waals surface area contributed by atoms with Gasteiger partial charge in [0.15, 0.2) is 9.84 Å². The third-order valence-corrected chi connectivity index (χ3v) is 6.02. The summed E-state index contributed by atoms with van der Waals surface area (Å²) in [5.41, 5.74) is 0.768. The van der Waals surface area contributed by atoms with Crippen molar-refractivity contribution in [2.45, 2.75) is 31.4 Å². The first-order valence-corrected chi connectivity index (χ1v) is 9.16. The number of aryl methyl sites for hydroxylation is 1. The largest absolute Gasteiger partial charge is 0.573 e. The van der Waals surface area contributed by atoms with Gasteiger partial charge < -0.3 is 9.64 Å². The molecule has 1 aromatic rings. The van der Waals surface area contributed by atoms with Crippen molar-refractivity contribution >= 4 is 9.84 Å². The third-order valence-electron chi connectivity index (χ3n) is 3.89. The number of rotatable bonds is 5. The molecule has 2 rings (SSSR count). The Kier molecular flexibility index (Phi) is 5.57. The predicted molar refractivity (Wildman–Crippen MR) is 81.1 cm³/mol. The van der Waals surface area contributed by atoms with Gasteiger partial charge in [-0.15, -0.1) is 13.2 Å². The Morgan fingerprint density at radius 3 is 2.74 bits per heavy atom. The summed E-state index contributed by atoms with van der Waals surface area (Å²) >= 11 is 0. The molecular weight excluding hydrogens is 331 g/mol. The highest BCUT2D eigenvalue weighted by atomic mass is 32.2. The molecule has 4 nitrogen and oxygen atoms in total. The monoisotopic (exact) mass is 351 g/mol. The van der Waals surface area contributed by atoms with Crippen molar-refractivity contribution in [1.29, 1.82) is 0 Å². The van der Waals surface area contributed by atoms with E-state index in [0.29, 0.717) is 19.5 Å². The molecule has 1 fully saturated rings. The van der Waals surface area contributed by atoms with Crippen LogP contribution in [0.15, 0.2) is 24.3 Å². The molecule has 1 aliphatic rings. The van der Waals surface area contributed by atoms with Crippen LogP contribution < -0.4 is 4.74 Å². The predicted octanol–water partition coefficient (Wildman–Crippen LogP) is 2.64. The third kappa shape index (κ3) is 5.69.